The lowest BCUT2D eigenvalue weighted by Gasteiger charge is -2.15. The second-order valence-corrected chi connectivity index (χ2v) is 8.20. The quantitative estimate of drug-likeness (QED) is 0.542. The Labute approximate surface area is 191 Å². The number of pyridine rings is 1. The van der Waals surface area contributed by atoms with Gasteiger partial charge in [0.2, 0.25) is 11.9 Å². The maximum absolute atomic E-state index is 13.5. The van der Waals surface area contributed by atoms with Crippen molar-refractivity contribution in [2.75, 3.05) is 17.2 Å². The number of hydrogen-bond donors (Lipinski definition) is 2. The highest BCUT2D eigenvalue weighted by atomic mass is 19.1. The number of amidine groups is 1. The van der Waals surface area contributed by atoms with Gasteiger partial charge in [0.05, 0.1) is 12.6 Å². The van der Waals surface area contributed by atoms with Gasteiger partial charge in [-0.25, -0.2) is 4.39 Å². The topological polar surface area (TPSA) is 88.0 Å². The fraction of sp³-hybridized carbons (Fsp3) is 0.240. The number of benzene rings is 1. The number of nitrogens with zero attached hydrogens (tertiary/aromatic N) is 5. The molecular formula is C25H24FN7. The molecule has 1 aromatic carbocycles. The van der Waals surface area contributed by atoms with Crippen LogP contribution in [0.1, 0.15) is 42.8 Å². The normalized spacial score (nSPS) is 16.4. The molecule has 2 aromatic heterocycles. The number of rotatable bonds is 7. The number of hydrogen-bond acceptors (Lipinski definition) is 7. The molecule has 2 aliphatic rings. The molecule has 2 N–H and O–H groups in total. The summed E-state index contributed by atoms with van der Waals surface area (Å²) >= 11 is 0. The molecule has 0 bridgehead atoms. The van der Waals surface area contributed by atoms with E-state index in [4.69, 9.17) is 0 Å². The number of aliphatic imine (C=N–C) groups is 1. The minimum absolute atomic E-state index is 0.0338. The van der Waals surface area contributed by atoms with Crippen LogP contribution in [-0.4, -0.2) is 32.3 Å². The van der Waals surface area contributed by atoms with Crippen LogP contribution in [0, 0.1) is 11.7 Å². The maximum Gasteiger partial charge on any atom is 0.233 e. The first-order chi connectivity index (χ1) is 16.1. The molecule has 7 nitrogen and oxygen atoms in total. The third kappa shape index (κ3) is 5.46. The zero-order valence-electron chi connectivity index (χ0n) is 18.2. The fourth-order valence-electron chi connectivity index (χ4n) is 3.63. The first kappa shape index (κ1) is 20.9. The number of anilines is 2. The molecule has 1 atom stereocenters. The summed E-state index contributed by atoms with van der Waals surface area (Å²) in [6.07, 6.45) is 11.6. The Balaban J connectivity index is 1.40. The molecule has 166 valence electrons. The molecule has 1 unspecified atom stereocenters. The maximum atomic E-state index is 13.5. The number of halogens is 1. The average molecular weight is 442 g/mol. The van der Waals surface area contributed by atoms with Crippen LogP contribution in [0.3, 0.4) is 0 Å². The molecule has 8 heteroatoms. The second kappa shape index (κ2) is 9.28. The fourth-order valence-corrected chi connectivity index (χ4v) is 3.63. The molecule has 5 rings (SSSR count). The van der Waals surface area contributed by atoms with E-state index in [0.717, 1.165) is 23.5 Å². The molecule has 33 heavy (non-hydrogen) atoms. The van der Waals surface area contributed by atoms with Gasteiger partial charge in [-0.1, -0.05) is 18.2 Å². The highest BCUT2D eigenvalue weighted by molar-refractivity contribution is 6.05. The minimum Gasteiger partial charge on any atom is -0.348 e. The summed E-state index contributed by atoms with van der Waals surface area (Å²) in [7, 11) is 0. The summed E-state index contributed by atoms with van der Waals surface area (Å²) in [6, 6.07) is 10.2. The van der Waals surface area contributed by atoms with Crippen LogP contribution in [0.4, 0.5) is 16.3 Å². The van der Waals surface area contributed by atoms with Crippen LogP contribution in [-0.2, 0) is 0 Å². The van der Waals surface area contributed by atoms with Gasteiger partial charge in [0.25, 0.3) is 0 Å². The van der Waals surface area contributed by atoms with E-state index in [2.05, 4.69) is 41.6 Å². The Bertz CT molecular complexity index is 1230. The molecule has 0 saturated heterocycles. The summed E-state index contributed by atoms with van der Waals surface area (Å²) in [5.74, 6) is 2.43. The summed E-state index contributed by atoms with van der Waals surface area (Å²) in [4.78, 5) is 22.3. The van der Waals surface area contributed by atoms with E-state index in [1.807, 2.05) is 25.1 Å². The van der Waals surface area contributed by atoms with E-state index in [-0.39, 0.29) is 11.9 Å². The van der Waals surface area contributed by atoms with Crippen LogP contribution >= 0.6 is 0 Å². The molecule has 3 heterocycles. The van der Waals surface area contributed by atoms with Gasteiger partial charge in [-0.15, -0.1) is 0 Å². The van der Waals surface area contributed by atoms with Crippen molar-refractivity contribution in [3.05, 3.63) is 83.2 Å². The van der Waals surface area contributed by atoms with E-state index in [1.54, 1.807) is 30.6 Å². The average Bonchev–Trinajstić information content (AvgIpc) is 3.57. The van der Waals surface area contributed by atoms with Gasteiger partial charge in [0.1, 0.15) is 11.7 Å². The first-order valence-electron chi connectivity index (χ1n) is 11.0. The van der Waals surface area contributed by atoms with Gasteiger partial charge in [0, 0.05) is 12.4 Å². The summed E-state index contributed by atoms with van der Waals surface area (Å²) in [5.41, 5.74) is 3.15. The Hall–Kier alpha value is -3.94. The van der Waals surface area contributed by atoms with Crippen molar-refractivity contribution in [3.63, 3.8) is 0 Å². The van der Waals surface area contributed by atoms with Crippen LogP contribution in [0.15, 0.2) is 65.4 Å². The third-order valence-electron chi connectivity index (χ3n) is 5.57. The van der Waals surface area contributed by atoms with Crippen LogP contribution < -0.4 is 10.6 Å². The largest absolute Gasteiger partial charge is 0.348 e. The molecule has 0 radical (unpaired) electrons. The summed E-state index contributed by atoms with van der Waals surface area (Å²) in [5, 5.41) is 6.55. The highest BCUT2D eigenvalue weighted by Crippen LogP contribution is 2.37. The van der Waals surface area contributed by atoms with Crippen molar-refractivity contribution in [1.29, 1.82) is 0 Å². The van der Waals surface area contributed by atoms with E-state index >= 15 is 0 Å². The highest BCUT2D eigenvalue weighted by Gasteiger charge is 2.28. The number of nitrogens with one attached hydrogen (secondary N) is 2. The zero-order valence-corrected chi connectivity index (χ0v) is 18.2. The van der Waals surface area contributed by atoms with Crippen molar-refractivity contribution in [2.45, 2.75) is 25.8 Å². The van der Waals surface area contributed by atoms with Crippen molar-refractivity contribution < 1.29 is 4.39 Å². The SMILES string of the molecule is CC(Nc1nc(/C=C/c2cccc(F)c2)nc(NC2=NCC(C3CC3)=C2)n1)c1ccncc1. The van der Waals surface area contributed by atoms with Gasteiger partial charge >= 0.3 is 0 Å². The minimum atomic E-state index is -0.291. The molecule has 1 aliphatic heterocycles. The van der Waals surface area contributed by atoms with Crippen LogP contribution in [0.5, 0.6) is 0 Å². The third-order valence-corrected chi connectivity index (χ3v) is 5.57. The number of aromatic nitrogens is 4. The smallest absolute Gasteiger partial charge is 0.233 e. The molecule has 1 aliphatic carbocycles. The lowest BCUT2D eigenvalue weighted by molar-refractivity contribution is 0.627. The standard InChI is InChI=1S/C25H24FN7/c1-16(18-9-11-27-12-10-18)29-24-30-22(8-5-17-3-2-4-21(26)13-17)31-25(33-24)32-23-14-20(15-28-23)19-6-7-19/h2-5,8-14,16,19H,6-7,15H2,1H3,(H2,28,29,30,31,32,33)/b8-5+. The van der Waals surface area contributed by atoms with E-state index in [1.165, 1.54) is 30.5 Å². The molecule has 0 amide bonds. The predicted octanol–water partition coefficient (Wildman–Crippen LogP) is 4.91. The summed E-state index contributed by atoms with van der Waals surface area (Å²) < 4.78 is 13.5. The Morgan fingerprint density at radius 2 is 1.85 bits per heavy atom. The molecule has 1 fully saturated rings. The van der Waals surface area contributed by atoms with Gasteiger partial charge < -0.3 is 10.6 Å². The lowest BCUT2D eigenvalue weighted by atomic mass is 10.1. The second-order valence-electron chi connectivity index (χ2n) is 8.20. The lowest BCUT2D eigenvalue weighted by Crippen LogP contribution is -2.15. The molecular weight excluding hydrogens is 417 g/mol. The summed E-state index contributed by atoms with van der Waals surface area (Å²) in [6.45, 7) is 2.76. The molecule has 1 saturated carbocycles. The van der Waals surface area contributed by atoms with E-state index in [0.29, 0.717) is 23.6 Å². The van der Waals surface area contributed by atoms with Crippen molar-refractivity contribution in [1.82, 2.24) is 19.9 Å². The zero-order chi connectivity index (χ0) is 22.6. The Morgan fingerprint density at radius 3 is 2.64 bits per heavy atom. The van der Waals surface area contributed by atoms with Crippen molar-refractivity contribution >= 4 is 29.9 Å². The molecule has 0 spiro atoms. The van der Waals surface area contributed by atoms with Gasteiger partial charge in [-0.05, 0) is 78.8 Å². The monoisotopic (exact) mass is 441 g/mol. The van der Waals surface area contributed by atoms with Crippen molar-refractivity contribution in [3.8, 4) is 0 Å². The molecule has 3 aromatic rings. The van der Waals surface area contributed by atoms with Gasteiger partial charge in [-0.3, -0.25) is 9.98 Å². The Morgan fingerprint density at radius 1 is 1.03 bits per heavy atom. The Kier molecular flexibility index (Phi) is 5.89. The van der Waals surface area contributed by atoms with Gasteiger partial charge in [-0.2, -0.15) is 15.0 Å². The first-order valence-corrected chi connectivity index (χ1v) is 11.0. The van der Waals surface area contributed by atoms with E-state index in [9.17, 15) is 4.39 Å². The predicted molar refractivity (Wildman–Crippen MR) is 128 cm³/mol. The van der Waals surface area contributed by atoms with Crippen molar-refractivity contribution in [2.24, 2.45) is 10.9 Å². The van der Waals surface area contributed by atoms with E-state index < -0.39 is 0 Å². The van der Waals surface area contributed by atoms with Crippen LogP contribution in [0.25, 0.3) is 12.2 Å². The van der Waals surface area contributed by atoms with Gasteiger partial charge in [0.15, 0.2) is 5.82 Å². The van der Waals surface area contributed by atoms with Crippen LogP contribution in [0.2, 0.25) is 0 Å².